The van der Waals surface area contributed by atoms with Gasteiger partial charge in [-0.2, -0.15) is 4.98 Å². The van der Waals surface area contributed by atoms with Gasteiger partial charge in [0.25, 0.3) is 5.89 Å². The van der Waals surface area contributed by atoms with Crippen molar-refractivity contribution < 1.29 is 9.26 Å². The summed E-state index contributed by atoms with van der Waals surface area (Å²) in [5.41, 5.74) is 7.03. The van der Waals surface area contributed by atoms with Gasteiger partial charge < -0.3 is 15.0 Å². The smallest absolute Gasteiger partial charge is 0.264 e. The number of nitrogens with zero attached hydrogens (tertiary/aromatic N) is 2. The minimum atomic E-state index is 0.152. The molecule has 6 heteroatoms. The zero-order chi connectivity index (χ0) is 14.5. The first-order valence-electron chi connectivity index (χ1n) is 6.54. The summed E-state index contributed by atoms with van der Waals surface area (Å²) in [7, 11) is 0. The Balaban J connectivity index is 1.98. The van der Waals surface area contributed by atoms with Crippen LogP contribution >= 0.6 is 11.6 Å². The lowest BCUT2D eigenvalue weighted by molar-refractivity contribution is 0.242. The van der Waals surface area contributed by atoms with Crippen molar-refractivity contribution in [2.24, 2.45) is 5.73 Å². The molecule has 0 bridgehead atoms. The molecule has 1 unspecified atom stereocenters. The van der Waals surface area contributed by atoms with E-state index in [9.17, 15) is 0 Å². The number of halogens is 1. The summed E-state index contributed by atoms with van der Waals surface area (Å²) < 4.78 is 10.5. The number of rotatable bonds is 6. The van der Waals surface area contributed by atoms with Crippen LogP contribution in [0.3, 0.4) is 0 Å². The SMILES string of the molecule is CCC(N)Cc1ccc(OCc2nc(C)no2)c(Cl)c1. The van der Waals surface area contributed by atoms with Crippen molar-refractivity contribution in [2.45, 2.75) is 39.3 Å². The molecule has 1 heterocycles. The number of benzene rings is 1. The van der Waals surface area contributed by atoms with Gasteiger partial charge in [0, 0.05) is 6.04 Å². The zero-order valence-corrected chi connectivity index (χ0v) is 12.4. The average Bonchev–Trinajstić information content (AvgIpc) is 2.83. The van der Waals surface area contributed by atoms with Crippen LogP contribution in [0.4, 0.5) is 0 Å². The molecule has 20 heavy (non-hydrogen) atoms. The fourth-order valence-electron chi connectivity index (χ4n) is 1.77. The first kappa shape index (κ1) is 14.8. The molecule has 0 saturated carbocycles. The largest absolute Gasteiger partial charge is 0.482 e. The molecule has 1 aromatic carbocycles. The van der Waals surface area contributed by atoms with Gasteiger partial charge in [0.05, 0.1) is 5.02 Å². The Kier molecular flexibility index (Phi) is 4.98. The first-order chi connectivity index (χ1) is 9.58. The Morgan fingerprint density at radius 3 is 2.85 bits per heavy atom. The van der Waals surface area contributed by atoms with E-state index in [1.807, 2.05) is 18.2 Å². The molecule has 5 nitrogen and oxygen atoms in total. The van der Waals surface area contributed by atoms with Crippen molar-refractivity contribution in [1.82, 2.24) is 10.1 Å². The van der Waals surface area contributed by atoms with Crippen molar-refractivity contribution in [3.63, 3.8) is 0 Å². The molecule has 0 aliphatic heterocycles. The third-order valence-corrected chi connectivity index (χ3v) is 3.23. The molecule has 0 amide bonds. The summed E-state index contributed by atoms with van der Waals surface area (Å²) >= 11 is 6.20. The van der Waals surface area contributed by atoms with Gasteiger partial charge in [0.1, 0.15) is 5.75 Å². The van der Waals surface area contributed by atoms with Gasteiger partial charge in [-0.1, -0.05) is 29.7 Å². The quantitative estimate of drug-likeness (QED) is 0.887. The van der Waals surface area contributed by atoms with Crippen LogP contribution in [-0.2, 0) is 13.0 Å². The van der Waals surface area contributed by atoms with E-state index in [1.54, 1.807) is 6.92 Å². The molecule has 0 aliphatic rings. The van der Waals surface area contributed by atoms with E-state index in [4.69, 9.17) is 26.6 Å². The summed E-state index contributed by atoms with van der Waals surface area (Å²) in [6.45, 7) is 4.02. The fraction of sp³-hybridized carbons (Fsp3) is 0.429. The molecule has 2 aromatic rings. The molecule has 0 fully saturated rings. The normalized spacial score (nSPS) is 12.4. The third kappa shape index (κ3) is 3.95. The lowest BCUT2D eigenvalue weighted by atomic mass is 10.0. The standard InChI is InChI=1S/C14H18ClN3O2/c1-3-11(16)6-10-4-5-13(12(15)7-10)19-8-14-17-9(2)18-20-14/h4-5,7,11H,3,6,8,16H2,1-2H3. The van der Waals surface area contributed by atoms with Gasteiger partial charge >= 0.3 is 0 Å². The van der Waals surface area contributed by atoms with Crippen LogP contribution < -0.4 is 10.5 Å². The molecular weight excluding hydrogens is 278 g/mol. The van der Waals surface area contributed by atoms with Gasteiger partial charge in [-0.3, -0.25) is 0 Å². The minimum absolute atomic E-state index is 0.152. The predicted molar refractivity (Wildman–Crippen MR) is 76.8 cm³/mol. The fourth-order valence-corrected chi connectivity index (χ4v) is 2.03. The van der Waals surface area contributed by atoms with Gasteiger partial charge in [0.2, 0.25) is 0 Å². The van der Waals surface area contributed by atoms with Crippen molar-refractivity contribution in [2.75, 3.05) is 0 Å². The van der Waals surface area contributed by atoms with E-state index in [0.717, 1.165) is 18.4 Å². The molecule has 0 radical (unpaired) electrons. The predicted octanol–water partition coefficient (Wildman–Crippen LogP) is 2.89. The second-order valence-electron chi connectivity index (χ2n) is 4.66. The molecule has 0 spiro atoms. The molecule has 1 atom stereocenters. The van der Waals surface area contributed by atoms with Gasteiger partial charge in [-0.15, -0.1) is 0 Å². The van der Waals surface area contributed by atoms with E-state index >= 15 is 0 Å². The number of aryl methyl sites for hydroxylation is 1. The summed E-state index contributed by atoms with van der Waals surface area (Å²) in [6, 6.07) is 5.84. The lowest BCUT2D eigenvalue weighted by Gasteiger charge is -2.11. The average molecular weight is 296 g/mol. The summed E-state index contributed by atoms with van der Waals surface area (Å²) in [6.07, 6.45) is 1.74. The van der Waals surface area contributed by atoms with Crippen molar-refractivity contribution in [3.8, 4) is 5.75 Å². The maximum absolute atomic E-state index is 6.20. The Bertz CT molecular complexity index is 571. The minimum Gasteiger partial charge on any atom is -0.482 e. The Hall–Kier alpha value is -1.59. The van der Waals surface area contributed by atoms with Crippen LogP contribution in [-0.4, -0.2) is 16.2 Å². The van der Waals surface area contributed by atoms with Gasteiger partial charge in [-0.05, 0) is 37.5 Å². The van der Waals surface area contributed by atoms with E-state index in [2.05, 4.69) is 17.1 Å². The Morgan fingerprint density at radius 1 is 1.45 bits per heavy atom. The highest BCUT2D eigenvalue weighted by Crippen LogP contribution is 2.26. The van der Waals surface area contributed by atoms with E-state index in [0.29, 0.717) is 22.5 Å². The Labute approximate surface area is 123 Å². The summed E-state index contributed by atoms with van der Waals surface area (Å²) in [5, 5.41) is 4.25. The number of nitrogens with two attached hydrogens (primary N) is 1. The second-order valence-corrected chi connectivity index (χ2v) is 5.07. The number of hydrogen-bond donors (Lipinski definition) is 1. The summed E-state index contributed by atoms with van der Waals surface area (Å²) in [4.78, 5) is 4.06. The van der Waals surface area contributed by atoms with E-state index < -0.39 is 0 Å². The highest BCUT2D eigenvalue weighted by Gasteiger charge is 2.08. The molecule has 0 aliphatic carbocycles. The van der Waals surface area contributed by atoms with E-state index in [-0.39, 0.29) is 12.6 Å². The van der Waals surface area contributed by atoms with Crippen LogP contribution in [0.2, 0.25) is 5.02 Å². The van der Waals surface area contributed by atoms with Gasteiger partial charge in [-0.25, -0.2) is 0 Å². The maximum Gasteiger partial charge on any atom is 0.264 e. The summed E-state index contributed by atoms with van der Waals surface area (Å²) in [5.74, 6) is 1.60. The topological polar surface area (TPSA) is 74.2 Å². The Morgan fingerprint density at radius 2 is 2.25 bits per heavy atom. The van der Waals surface area contributed by atoms with Crippen molar-refractivity contribution in [1.29, 1.82) is 0 Å². The molecule has 0 saturated heterocycles. The highest BCUT2D eigenvalue weighted by molar-refractivity contribution is 6.32. The number of aromatic nitrogens is 2. The molecule has 2 rings (SSSR count). The van der Waals surface area contributed by atoms with Crippen LogP contribution in [0.5, 0.6) is 5.75 Å². The van der Waals surface area contributed by atoms with Crippen LogP contribution in [0.25, 0.3) is 0 Å². The van der Waals surface area contributed by atoms with E-state index in [1.165, 1.54) is 0 Å². The first-order valence-corrected chi connectivity index (χ1v) is 6.92. The molecule has 2 N–H and O–H groups in total. The van der Waals surface area contributed by atoms with Crippen LogP contribution in [0.1, 0.15) is 30.6 Å². The highest BCUT2D eigenvalue weighted by atomic mass is 35.5. The molecule has 1 aromatic heterocycles. The second kappa shape index (κ2) is 6.72. The third-order valence-electron chi connectivity index (χ3n) is 2.94. The van der Waals surface area contributed by atoms with Crippen LogP contribution in [0, 0.1) is 6.92 Å². The molecule has 108 valence electrons. The van der Waals surface area contributed by atoms with Crippen molar-refractivity contribution in [3.05, 3.63) is 40.5 Å². The number of hydrogen-bond acceptors (Lipinski definition) is 5. The van der Waals surface area contributed by atoms with Gasteiger partial charge in [0.15, 0.2) is 12.4 Å². The monoisotopic (exact) mass is 295 g/mol. The molecular formula is C14H18ClN3O2. The zero-order valence-electron chi connectivity index (χ0n) is 11.6. The maximum atomic E-state index is 6.20. The van der Waals surface area contributed by atoms with Crippen molar-refractivity contribution >= 4 is 11.6 Å². The van der Waals surface area contributed by atoms with Crippen LogP contribution in [0.15, 0.2) is 22.7 Å². The number of ether oxygens (including phenoxy) is 1. The lowest BCUT2D eigenvalue weighted by Crippen LogP contribution is -2.21.